The van der Waals surface area contributed by atoms with Crippen molar-refractivity contribution in [1.29, 1.82) is 0 Å². The first-order valence-corrected chi connectivity index (χ1v) is 11.6. The van der Waals surface area contributed by atoms with E-state index in [9.17, 15) is 10.2 Å². The van der Waals surface area contributed by atoms with E-state index in [0.29, 0.717) is 5.41 Å². The molecule has 3 aliphatic carbocycles. The highest BCUT2D eigenvalue weighted by Crippen LogP contribution is 2.59. The molecule has 2 N–H and O–H groups in total. The van der Waals surface area contributed by atoms with E-state index in [1.165, 1.54) is 56.9 Å². The van der Waals surface area contributed by atoms with Gasteiger partial charge in [-0.05, 0) is 68.1 Å². The second-order valence-electron chi connectivity index (χ2n) is 10.2. The first-order valence-electron chi connectivity index (χ1n) is 11.6. The molecular weight excluding hydrogens is 344 g/mol. The summed E-state index contributed by atoms with van der Waals surface area (Å²) in [6, 6.07) is 0. The van der Waals surface area contributed by atoms with Crippen molar-refractivity contribution in [2.75, 3.05) is 0 Å². The monoisotopic (exact) mass is 390 g/mol. The van der Waals surface area contributed by atoms with Crippen LogP contribution in [0.1, 0.15) is 99.3 Å². The normalized spacial score (nSPS) is 40.7. The van der Waals surface area contributed by atoms with E-state index >= 15 is 0 Å². The molecule has 0 amide bonds. The van der Waals surface area contributed by atoms with Gasteiger partial charge in [0.25, 0.3) is 0 Å². The van der Waals surface area contributed by atoms with Gasteiger partial charge in [-0.2, -0.15) is 0 Å². The summed E-state index contributed by atoms with van der Waals surface area (Å²) in [5.41, 5.74) is 3.35. The third-order valence-electron chi connectivity index (χ3n) is 8.43. The molecule has 0 aromatic carbocycles. The van der Waals surface area contributed by atoms with E-state index in [1.54, 1.807) is 5.57 Å². The molecule has 0 saturated heterocycles. The fourth-order valence-corrected chi connectivity index (χ4v) is 6.55. The summed E-state index contributed by atoms with van der Waals surface area (Å²) in [6.07, 6.45) is 16.0. The van der Waals surface area contributed by atoms with Crippen LogP contribution in [0.25, 0.3) is 0 Å². The molecule has 2 heteroatoms. The third kappa shape index (κ3) is 4.75. The molecule has 28 heavy (non-hydrogen) atoms. The van der Waals surface area contributed by atoms with E-state index < -0.39 is 12.2 Å². The molecule has 3 aliphatic rings. The van der Waals surface area contributed by atoms with E-state index in [1.807, 2.05) is 6.92 Å². The van der Waals surface area contributed by atoms with Crippen LogP contribution in [0, 0.1) is 29.1 Å². The molecule has 162 valence electrons. The lowest BCUT2D eigenvalue weighted by atomic mass is 9.60. The van der Waals surface area contributed by atoms with Gasteiger partial charge in [-0.3, -0.25) is 0 Å². The van der Waals surface area contributed by atoms with E-state index in [2.05, 4.69) is 32.9 Å². The third-order valence-corrected chi connectivity index (χ3v) is 8.43. The van der Waals surface area contributed by atoms with Crippen LogP contribution in [-0.4, -0.2) is 22.4 Å². The summed E-state index contributed by atoms with van der Waals surface area (Å²) in [5, 5.41) is 20.4. The Morgan fingerprint density at radius 3 is 2.46 bits per heavy atom. The van der Waals surface area contributed by atoms with Crippen molar-refractivity contribution >= 4 is 0 Å². The molecule has 2 unspecified atom stereocenters. The molecule has 0 aromatic rings. The Hall–Kier alpha value is -0.600. The molecule has 0 heterocycles. The fourth-order valence-electron chi connectivity index (χ4n) is 6.55. The van der Waals surface area contributed by atoms with E-state index in [4.69, 9.17) is 0 Å². The van der Waals surface area contributed by atoms with E-state index in [0.717, 1.165) is 30.6 Å². The van der Waals surface area contributed by atoms with Crippen LogP contribution in [0.15, 0.2) is 23.3 Å². The maximum absolute atomic E-state index is 10.2. The van der Waals surface area contributed by atoms with Gasteiger partial charge in [-0.25, -0.2) is 0 Å². The van der Waals surface area contributed by atoms with Crippen molar-refractivity contribution in [3.63, 3.8) is 0 Å². The van der Waals surface area contributed by atoms with Gasteiger partial charge in [-0.15, -0.1) is 0 Å². The van der Waals surface area contributed by atoms with Gasteiger partial charge < -0.3 is 10.2 Å². The molecule has 3 saturated carbocycles. The van der Waals surface area contributed by atoms with Gasteiger partial charge in [0, 0.05) is 5.92 Å². The van der Waals surface area contributed by atoms with Crippen molar-refractivity contribution < 1.29 is 10.2 Å². The van der Waals surface area contributed by atoms with Crippen LogP contribution in [0.5, 0.6) is 0 Å². The zero-order chi connectivity index (χ0) is 19.6. The fraction of sp³-hybridized carbons (Fsp3) is 0.846. The highest BCUT2D eigenvalue weighted by molar-refractivity contribution is 5.26. The summed E-state index contributed by atoms with van der Waals surface area (Å²) < 4.78 is 0. The molecule has 2 nitrogen and oxygen atoms in total. The molecule has 6 atom stereocenters. The molecule has 0 bridgehead atoms. The predicted molar refractivity (Wildman–Crippen MR) is 120 cm³/mol. The highest BCUT2D eigenvalue weighted by atomic mass is 16.3. The van der Waals surface area contributed by atoms with Gasteiger partial charge in [0.15, 0.2) is 0 Å². The van der Waals surface area contributed by atoms with Crippen molar-refractivity contribution in [1.82, 2.24) is 0 Å². The van der Waals surface area contributed by atoms with Crippen molar-refractivity contribution in [2.24, 2.45) is 29.1 Å². The second-order valence-corrected chi connectivity index (χ2v) is 10.2. The molecule has 0 aliphatic heterocycles. The zero-order valence-electron chi connectivity index (χ0n) is 18.1. The zero-order valence-corrected chi connectivity index (χ0v) is 18.1. The Morgan fingerprint density at radius 1 is 1.14 bits per heavy atom. The highest BCUT2D eigenvalue weighted by Gasteiger charge is 2.50. The Kier molecular flexibility index (Phi) is 8.40. The van der Waals surface area contributed by atoms with Crippen LogP contribution in [0.3, 0.4) is 0 Å². The minimum Gasteiger partial charge on any atom is -0.392 e. The van der Waals surface area contributed by atoms with Crippen LogP contribution in [0.2, 0.25) is 0 Å². The molecular formula is C26H46O2. The Morgan fingerprint density at radius 2 is 1.82 bits per heavy atom. The first kappa shape index (κ1) is 23.7. The van der Waals surface area contributed by atoms with Crippen LogP contribution >= 0.6 is 0 Å². The summed E-state index contributed by atoms with van der Waals surface area (Å²) in [6.45, 7) is 9.34. The predicted octanol–water partition coefficient (Wildman–Crippen LogP) is 6.67. The summed E-state index contributed by atoms with van der Waals surface area (Å²) >= 11 is 0. The number of fused-ring (bicyclic) bond motifs is 1. The van der Waals surface area contributed by atoms with Gasteiger partial charge in [0.05, 0.1) is 12.2 Å². The average molecular weight is 391 g/mol. The minimum absolute atomic E-state index is 0. The lowest BCUT2D eigenvalue weighted by molar-refractivity contribution is 0.00407. The van der Waals surface area contributed by atoms with Gasteiger partial charge in [-0.1, -0.05) is 77.7 Å². The van der Waals surface area contributed by atoms with Crippen LogP contribution in [-0.2, 0) is 0 Å². The average Bonchev–Trinajstić information content (AvgIpc) is 2.99. The number of rotatable bonds is 5. The SMILES string of the molecule is C.CCCC[C@H](C)C1CCC2/C(=C/C=C3C[C@@H](O)C(C)[C@H](O)C3)CCC[C@@]21C. The molecule has 3 rings (SSSR count). The van der Waals surface area contributed by atoms with Crippen LogP contribution in [0.4, 0.5) is 0 Å². The number of allylic oxidation sites excluding steroid dienone is 3. The number of unbranched alkanes of at least 4 members (excludes halogenated alkanes) is 1. The molecule has 0 aromatic heterocycles. The quantitative estimate of drug-likeness (QED) is 0.550. The molecule has 0 spiro atoms. The Balaban J connectivity index is 0.00000280. The lowest BCUT2D eigenvalue weighted by Crippen LogP contribution is -2.36. The number of hydrogen-bond donors (Lipinski definition) is 2. The maximum atomic E-state index is 10.2. The van der Waals surface area contributed by atoms with Gasteiger partial charge in [0.2, 0.25) is 0 Å². The summed E-state index contributed by atoms with van der Waals surface area (Å²) in [4.78, 5) is 0. The standard InChI is InChI=1S/C25H42O2.CH4/c1-5-6-8-17(2)21-12-13-22-20(9-7-14-25(21,22)4)11-10-19-15-23(26)18(3)24(27)16-19;/h10-11,17-18,21-24,26-27H,5-9,12-16H2,1-4H3;1H4/b19-10?,20-11+;/t17-,18?,21?,22?,23+,24+,25+;/m0./s1. The molecule has 0 radical (unpaired) electrons. The number of hydrogen-bond acceptors (Lipinski definition) is 2. The molecule has 3 fully saturated rings. The van der Waals surface area contributed by atoms with Gasteiger partial charge >= 0.3 is 0 Å². The largest absolute Gasteiger partial charge is 0.392 e. The minimum atomic E-state index is -0.398. The summed E-state index contributed by atoms with van der Waals surface area (Å²) in [7, 11) is 0. The Labute approximate surface area is 174 Å². The van der Waals surface area contributed by atoms with Crippen molar-refractivity contribution in [2.45, 2.75) is 112 Å². The van der Waals surface area contributed by atoms with Crippen molar-refractivity contribution in [3.05, 3.63) is 23.3 Å². The second kappa shape index (κ2) is 9.94. The first-order chi connectivity index (χ1) is 12.9. The Bertz CT molecular complexity index is 549. The van der Waals surface area contributed by atoms with E-state index in [-0.39, 0.29) is 13.3 Å². The number of aliphatic hydroxyl groups excluding tert-OH is 2. The smallest absolute Gasteiger partial charge is 0.0627 e. The van der Waals surface area contributed by atoms with Gasteiger partial charge in [0.1, 0.15) is 0 Å². The van der Waals surface area contributed by atoms with Crippen molar-refractivity contribution in [3.8, 4) is 0 Å². The maximum Gasteiger partial charge on any atom is 0.0627 e. The topological polar surface area (TPSA) is 40.5 Å². The lowest BCUT2D eigenvalue weighted by Gasteiger charge is -2.44. The summed E-state index contributed by atoms with van der Waals surface area (Å²) in [5.74, 6) is 2.47. The van der Waals surface area contributed by atoms with Crippen LogP contribution < -0.4 is 0 Å². The number of aliphatic hydroxyl groups is 2.